The number of rotatable bonds is 0. The zero-order chi connectivity index (χ0) is 7.84. The van der Waals surface area contributed by atoms with E-state index in [1.54, 1.807) is 0 Å². The van der Waals surface area contributed by atoms with Crippen LogP contribution >= 0.6 is 0 Å². The largest absolute Gasteiger partial charge is 0.336 e. The lowest BCUT2D eigenvalue weighted by atomic mass is 10.5. The SMILES string of the molecule is Cc1nc2nc(C)[nH+]cc2[nH]1. The molecule has 0 fully saturated rings. The summed E-state index contributed by atoms with van der Waals surface area (Å²) in [6.45, 7) is 3.82. The Balaban J connectivity index is 2.82. The van der Waals surface area contributed by atoms with Crippen LogP contribution in [0.25, 0.3) is 11.2 Å². The van der Waals surface area contributed by atoms with Crippen molar-refractivity contribution in [2.24, 2.45) is 0 Å². The summed E-state index contributed by atoms with van der Waals surface area (Å²) in [5.41, 5.74) is 1.73. The van der Waals surface area contributed by atoms with E-state index in [9.17, 15) is 0 Å². The average molecular weight is 149 g/mol. The van der Waals surface area contributed by atoms with E-state index in [1.807, 2.05) is 20.0 Å². The molecule has 0 spiro atoms. The molecular formula is C7H9N4+. The van der Waals surface area contributed by atoms with Crippen molar-refractivity contribution < 1.29 is 4.98 Å². The number of aryl methyl sites for hydroxylation is 2. The first-order chi connectivity index (χ1) is 5.25. The van der Waals surface area contributed by atoms with E-state index in [-0.39, 0.29) is 0 Å². The summed E-state index contributed by atoms with van der Waals surface area (Å²) < 4.78 is 0. The molecule has 11 heavy (non-hydrogen) atoms. The van der Waals surface area contributed by atoms with Gasteiger partial charge in [0.2, 0.25) is 0 Å². The maximum Gasteiger partial charge on any atom is 0.295 e. The number of H-pyrrole nitrogens is 2. The van der Waals surface area contributed by atoms with E-state index in [0.717, 1.165) is 22.8 Å². The molecule has 2 aromatic heterocycles. The van der Waals surface area contributed by atoms with Gasteiger partial charge in [0.15, 0.2) is 5.52 Å². The lowest BCUT2D eigenvalue weighted by molar-refractivity contribution is -0.390. The Bertz CT molecular complexity index is 390. The Labute approximate surface area is 63.7 Å². The molecule has 0 aliphatic carbocycles. The van der Waals surface area contributed by atoms with E-state index in [0.29, 0.717) is 0 Å². The molecule has 56 valence electrons. The standard InChI is InChI=1S/C7H8N4/c1-4-8-3-6-7(10-4)11-5(2)9-6/h3H,1-2H3,(H,8,9,10,11)/p+1. The summed E-state index contributed by atoms with van der Waals surface area (Å²) in [4.78, 5) is 14.5. The number of fused-ring (bicyclic) bond motifs is 1. The van der Waals surface area contributed by atoms with Gasteiger partial charge in [0.05, 0.1) is 0 Å². The summed E-state index contributed by atoms with van der Waals surface area (Å²) >= 11 is 0. The number of nitrogens with zero attached hydrogens (tertiary/aromatic N) is 2. The van der Waals surface area contributed by atoms with Crippen LogP contribution in [-0.2, 0) is 0 Å². The predicted octanol–water partition coefficient (Wildman–Crippen LogP) is 0.389. The summed E-state index contributed by atoms with van der Waals surface area (Å²) in [7, 11) is 0. The van der Waals surface area contributed by atoms with Crippen molar-refractivity contribution >= 4 is 11.2 Å². The van der Waals surface area contributed by atoms with E-state index in [4.69, 9.17) is 0 Å². The van der Waals surface area contributed by atoms with Crippen LogP contribution in [0.3, 0.4) is 0 Å². The Morgan fingerprint density at radius 2 is 2.18 bits per heavy atom. The second-order valence-corrected chi connectivity index (χ2v) is 2.55. The molecule has 2 N–H and O–H groups in total. The number of hydrogen-bond donors (Lipinski definition) is 1. The van der Waals surface area contributed by atoms with E-state index in [1.165, 1.54) is 0 Å². The normalized spacial score (nSPS) is 10.7. The lowest BCUT2D eigenvalue weighted by Gasteiger charge is -1.78. The molecule has 0 aliphatic heterocycles. The quantitative estimate of drug-likeness (QED) is 0.589. The molecule has 0 unspecified atom stereocenters. The van der Waals surface area contributed by atoms with Crippen molar-refractivity contribution in [2.75, 3.05) is 0 Å². The maximum absolute atomic E-state index is 4.20. The van der Waals surface area contributed by atoms with Crippen LogP contribution in [0.4, 0.5) is 0 Å². The van der Waals surface area contributed by atoms with Crippen LogP contribution in [0.2, 0.25) is 0 Å². The van der Waals surface area contributed by atoms with Gasteiger partial charge in [-0.2, -0.15) is 4.98 Å². The predicted molar refractivity (Wildman–Crippen MR) is 39.9 cm³/mol. The van der Waals surface area contributed by atoms with Gasteiger partial charge in [0.1, 0.15) is 12.0 Å². The minimum absolute atomic E-state index is 0.777. The Morgan fingerprint density at radius 3 is 3.00 bits per heavy atom. The average Bonchev–Trinajstić information content (AvgIpc) is 2.27. The van der Waals surface area contributed by atoms with Gasteiger partial charge in [-0.3, -0.25) is 0 Å². The number of imidazole rings is 1. The zero-order valence-electron chi connectivity index (χ0n) is 6.47. The molecule has 4 heteroatoms. The first-order valence-corrected chi connectivity index (χ1v) is 3.47. The van der Waals surface area contributed by atoms with Gasteiger partial charge in [-0.1, -0.05) is 0 Å². The third-order valence-corrected chi connectivity index (χ3v) is 1.53. The molecule has 0 saturated heterocycles. The third-order valence-electron chi connectivity index (χ3n) is 1.53. The number of aromatic nitrogens is 4. The molecule has 0 aromatic carbocycles. The highest BCUT2D eigenvalue weighted by atomic mass is 15.0. The van der Waals surface area contributed by atoms with E-state index < -0.39 is 0 Å². The number of hydrogen-bond acceptors (Lipinski definition) is 2. The molecule has 4 nitrogen and oxygen atoms in total. The Kier molecular flexibility index (Phi) is 1.15. The highest BCUT2D eigenvalue weighted by Crippen LogP contribution is 2.03. The van der Waals surface area contributed by atoms with Gasteiger partial charge in [-0.25, -0.2) is 4.98 Å². The fraction of sp³-hybridized carbons (Fsp3) is 0.286. The fourth-order valence-corrected chi connectivity index (χ4v) is 1.05. The van der Waals surface area contributed by atoms with Crippen LogP contribution < -0.4 is 4.98 Å². The first-order valence-electron chi connectivity index (χ1n) is 3.47. The molecule has 0 atom stereocenters. The maximum atomic E-state index is 4.20. The molecule has 0 saturated carbocycles. The van der Waals surface area contributed by atoms with Gasteiger partial charge in [-0.05, 0) is 11.9 Å². The molecular weight excluding hydrogens is 140 g/mol. The topological polar surface area (TPSA) is 55.7 Å². The minimum atomic E-state index is 0.777. The highest BCUT2D eigenvalue weighted by Gasteiger charge is 2.06. The van der Waals surface area contributed by atoms with Crippen molar-refractivity contribution in [3.05, 3.63) is 17.8 Å². The molecule has 0 bridgehead atoms. The van der Waals surface area contributed by atoms with Gasteiger partial charge in [-0.15, -0.1) is 0 Å². The van der Waals surface area contributed by atoms with Crippen molar-refractivity contribution in [1.29, 1.82) is 0 Å². The number of nitrogens with one attached hydrogen (secondary N) is 2. The molecule has 2 rings (SSSR count). The van der Waals surface area contributed by atoms with E-state index in [2.05, 4.69) is 19.9 Å². The van der Waals surface area contributed by atoms with Crippen LogP contribution in [0.15, 0.2) is 6.20 Å². The van der Waals surface area contributed by atoms with Crippen molar-refractivity contribution in [3.63, 3.8) is 0 Å². The van der Waals surface area contributed by atoms with Crippen LogP contribution in [0, 0.1) is 13.8 Å². The Morgan fingerprint density at radius 1 is 1.36 bits per heavy atom. The van der Waals surface area contributed by atoms with Gasteiger partial charge in [0.25, 0.3) is 11.5 Å². The van der Waals surface area contributed by atoms with Crippen LogP contribution in [0.1, 0.15) is 11.6 Å². The van der Waals surface area contributed by atoms with E-state index >= 15 is 0 Å². The third kappa shape index (κ3) is 0.960. The second kappa shape index (κ2) is 2.02. The summed E-state index contributed by atoms with van der Waals surface area (Å²) in [5.74, 6) is 1.77. The first kappa shape index (κ1) is 6.27. The highest BCUT2D eigenvalue weighted by molar-refractivity contribution is 5.67. The second-order valence-electron chi connectivity index (χ2n) is 2.55. The fourth-order valence-electron chi connectivity index (χ4n) is 1.05. The number of aromatic amines is 2. The molecule has 2 aromatic rings. The van der Waals surface area contributed by atoms with Crippen LogP contribution in [0.5, 0.6) is 0 Å². The summed E-state index contributed by atoms with van der Waals surface area (Å²) in [5, 5.41) is 0. The van der Waals surface area contributed by atoms with Gasteiger partial charge >= 0.3 is 0 Å². The Hall–Kier alpha value is -1.45. The smallest absolute Gasteiger partial charge is 0.295 e. The van der Waals surface area contributed by atoms with Crippen molar-refractivity contribution in [2.45, 2.75) is 13.8 Å². The molecule has 0 aliphatic rings. The van der Waals surface area contributed by atoms with Crippen molar-refractivity contribution in [3.8, 4) is 0 Å². The molecule has 0 amide bonds. The van der Waals surface area contributed by atoms with Gasteiger partial charge < -0.3 is 4.98 Å². The molecule has 0 radical (unpaired) electrons. The monoisotopic (exact) mass is 149 g/mol. The van der Waals surface area contributed by atoms with Crippen molar-refractivity contribution in [1.82, 2.24) is 15.0 Å². The summed E-state index contributed by atoms with van der Waals surface area (Å²) in [6.07, 6.45) is 1.87. The van der Waals surface area contributed by atoms with Gasteiger partial charge in [0, 0.05) is 6.92 Å². The minimum Gasteiger partial charge on any atom is -0.336 e. The van der Waals surface area contributed by atoms with Crippen LogP contribution in [-0.4, -0.2) is 15.0 Å². The zero-order valence-corrected chi connectivity index (χ0v) is 6.47. The summed E-state index contributed by atoms with van der Waals surface area (Å²) in [6, 6.07) is 0. The molecule has 2 heterocycles. The lowest BCUT2D eigenvalue weighted by Crippen LogP contribution is -2.08.